The average Bonchev–Trinajstić information content (AvgIpc) is 2.60. The van der Waals surface area contributed by atoms with Crippen LogP contribution in [0.15, 0.2) is 24.3 Å². The third-order valence-electron chi connectivity index (χ3n) is 2.27. The van der Waals surface area contributed by atoms with E-state index in [1.165, 1.54) is 0 Å². The SMILES string of the molecule is Cc1nc(-c2cccc(Cl)c2)c(C(C)N)s1. The number of rotatable bonds is 2. The van der Waals surface area contributed by atoms with Crippen LogP contribution in [0.3, 0.4) is 0 Å². The molecule has 0 fully saturated rings. The molecule has 0 saturated heterocycles. The summed E-state index contributed by atoms with van der Waals surface area (Å²) in [5, 5.41) is 1.75. The van der Waals surface area contributed by atoms with E-state index in [1.54, 1.807) is 11.3 Å². The Morgan fingerprint density at radius 2 is 2.19 bits per heavy atom. The molecule has 0 saturated carbocycles. The molecule has 1 aromatic carbocycles. The van der Waals surface area contributed by atoms with Crippen LogP contribution >= 0.6 is 22.9 Å². The number of hydrogen-bond donors (Lipinski definition) is 1. The fourth-order valence-corrected chi connectivity index (χ4v) is 2.69. The summed E-state index contributed by atoms with van der Waals surface area (Å²) in [6.45, 7) is 3.96. The van der Waals surface area contributed by atoms with Crippen molar-refractivity contribution in [3.63, 3.8) is 0 Å². The summed E-state index contributed by atoms with van der Waals surface area (Å²) in [4.78, 5) is 5.63. The second-order valence-corrected chi connectivity index (χ2v) is 5.42. The molecular formula is C12H13ClN2S. The predicted octanol–water partition coefficient (Wildman–Crippen LogP) is 3.79. The first kappa shape index (κ1) is 11.6. The molecule has 0 aliphatic carbocycles. The molecule has 4 heteroatoms. The number of hydrogen-bond acceptors (Lipinski definition) is 3. The Labute approximate surface area is 104 Å². The van der Waals surface area contributed by atoms with Crippen LogP contribution < -0.4 is 5.73 Å². The molecule has 1 unspecified atom stereocenters. The smallest absolute Gasteiger partial charge is 0.0905 e. The van der Waals surface area contributed by atoms with Gasteiger partial charge in [0.2, 0.25) is 0 Å². The number of thiazole rings is 1. The topological polar surface area (TPSA) is 38.9 Å². The van der Waals surface area contributed by atoms with Crippen molar-refractivity contribution in [3.05, 3.63) is 39.2 Å². The molecule has 0 aliphatic heterocycles. The van der Waals surface area contributed by atoms with Crippen LogP contribution in [0.5, 0.6) is 0 Å². The number of benzene rings is 1. The fraction of sp³-hybridized carbons (Fsp3) is 0.250. The van der Waals surface area contributed by atoms with Crippen molar-refractivity contribution in [2.24, 2.45) is 5.73 Å². The van der Waals surface area contributed by atoms with E-state index in [1.807, 2.05) is 38.1 Å². The van der Waals surface area contributed by atoms with Crippen LogP contribution in [-0.4, -0.2) is 4.98 Å². The molecule has 0 bridgehead atoms. The second kappa shape index (κ2) is 4.53. The maximum atomic E-state index is 5.98. The van der Waals surface area contributed by atoms with Gasteiger partial charge in [0.1, 0.15) is 0 Å². The minimum Gasteiger partial charge on any atom is -0.323 e. The lowest BCUT2D eigenvalue weighted by molar-refractivity contribution is 0.837. The Hall–Kier alpha value is -0.900. The van der Waals surface area contributed by atoms with Gasteiger partial charge >= 0.3 is 0 Å². The van der Waals surface area contributed by atoms with Crippen molar-refractivity contribution < 1.29 is 0 Å². The van der Waals surface area contributed by atoms with Crippen molar-refractivity contribution >= 4 is 22.9 Å². The van der Waals surface area contributed by atoms with E-state index in [-0.39, 0.29) is 6.04 Å². The van der Waals surface area contributed by atoms with Gasteiger partial charge in [0, 0.05) is 21.5 Å². The molecule has 16 heavy (non-hydrogen) atoms. The van der Waals surface area contributed by atoms with E-state index in [2.05, 4.69) is 4.98 Å². The van der Waals surface area contributed by atoms with Crippen LogP contribution in [0.2, 0.25) is 5.02 Å². The molecule has 1 heterocycles. The van der Waals surface area contributed by atoms with E-state index in [9.17, 15) is 0 Å². The van der Waals surface area contributed by atoms with Crippen LogP contribution in [0, 0.1) is 6.92 Å². The van der Waals surface area contributed by atoms with E-state index in [0.717, 1.165) is 26.2 Å². The first-order valence-electron chi connectivity index (χ1n) is 5.07. The number of nitrogens with zero attached hydrogens (tertiary/aromatic N) is 1. The van der Waals surface area contributed by atoms with Gasteiger partial charge in [-0.05, 0) is 26.0 Å². The molecule has 0 amide bonds. The summed E-state index contributed by atoms with van der Waals surface area (Å²) in [7, 11) is 0. The highest BCUT2D eigenvalue weighted by Crippen LogP contribution is 2.32. The summed E-state index contributed by atoms with van der Waals surface area (Å²) in [6.07, 6.45) is 0. The molecule has 1 atom stereocenters. The average molecular weight is 253 g/mol. The molecular weight excluding hydrogens is 240 g/mol. The van der Waals surface area contributed by atoms with E-state index < -0.39 is 0 Å². The quantitative estimate of drug-likeness (QED) is 0.883. The summed E-state index contributed by atoms with van der Waals surface area (Å²) in [6, 6.07) is 7.71. The maximum Gasteiger partial charge on any atom is 0.0905 e. The first-order valence-corrected chi connectivity index (χ1v) is 6.26. The maximum absolute atomic E-state index is 5.98. The Kier molecular flexibility index (Phi) is 3.28. The molecule has 2 nitrogen and oxygen atoms in total. The number of aryl methyl sites for hydroxylation is 1. The highest BCUT2D eigenvalue weighted by Gasteiger charge is 2.14. The zero-order valence-electron chi connectivity index (χ0n) is 9.20. The Morgan fingerprint density at radius 3 is 2.81 bits per heavy atom. The van der Waals surface area contributed by atoms with Gasteiger partial charge in [-0.1, -0.05) is 23.7 Å². The Bertz CT molecular complexity index is 505. The van der Waals surface area contributed by atoms with Gasteiger partial charge in [-0.2, -0.15) is 0 Å². The number of nitrogens with two attached hydrogens (primary N) is 1. The lowest BCUT2D eigenvalue weighted by atomic mass is 10.1. The molecule has 2 N–H and O–H groups in total. The lowest BCUT2D eigenvalue weighted by Crippen LogP contribution is -2.04. The zero-order valence-corrected chi connectivity index (χ0v) is 10.8. The van der Waals surface area contributed by atoms with Gasteiger partial charge in [-0.25, -0.2) is 4.98 Å². The Balaban J connectivity index is 2.55. The van der Waals surface area contributed by atoms with Crippen molar-refractivity contribution in [1.29, 1.82) is 0 Å². The minimum atomic E-state index is 0.000168. The molecule has 2 aromatic rings. The standard InChI is InChI=1S/C12H13ClN2S/c1-7(14)12-11(15-8(2)16-12)9-4-3-5-10(13)6-9/h3-7H,14H2,1-2H3. The number of aromatic nitrogens is 1. The lowest BCUT2D eigenvalue weighted by Gasteiger charge is -2.05. The van der Waals surface area contributed by atoms with Gasteiger partial charge in [0.05, 0.1) is 10.7 Å². The van der Waals surface area contributed by atoms with Gasteiger partial charge in [0.15, 0.2) is 0 Å². The van der Waals surface area contributed by atoms with E-state index in [4.69, 9.17) is 17.3 Å². The van der Waals surface area contributed by atoms with Gasteiger partial charge < -0.3 is 5.73 Å². The van der Waals surface area contributed by atoms with E-state index >= 15 is 0 Å². The highest BCUT2D eigenvalue weighted by atomic mass is 35.5. The van der Waals surface area contributed by atoms with Crippen molar-refractivity contribution in [3.8, 4) is 11.3 Å². The summed E-state index contributed by atoms with van der Waals surface area (Å²) in [5.74, 6) is 0. The summed E-state index contributed by atoms with van der Waals surface area (Å²) >= 11 is 7.62. The number of halogens is 1. The normalized spacial score (nSPS) is 12.8. The van der Waals surface area contributed by atoms with Gasteiger partial charge in [0.25, 0.3) is 0 Å². The summed E-state index contributed by atoms with van der Waals surface area (Å²) < 4.78 is 0. The van der Waals surface area contributed by atoms with Crippen LogP contribution in [-0.2, 0) is 0 Å². The van der Waals surface area contributed by atoms with Gasteiger partial charge in [-0.3, -0.25) is 0 Å². The minimum absolute atomic E-state index is 0.000168. The van der Waals surface area contributed by atoms with E-state index in [0.29, 0.717) is 0 Å². The fourth-order valence-electron chi connectivity index (χ4n) is 1.59. The summed E-state index contributed by atoms with van der Waals surface area (Å²) in [5.41, 5.74) is 7.93. The third kappa shape index (κ3) is 2.26. The van der Waals surface area contributed by atoms with Gasteiger partial charge in [-0.15, -0.1) is 11.3 Å². The second-order valence-electron chi connectivity index (χ2n) is 3.74. The predicted molar refractivity (Wildman–Crippen MR) is 69.9 cm³/mol. The highest BCUT2D eigenvalue weighted by molar-refractivity contribution is 7.12. The van der Waals surface area contributed by atoms with Crippen LogP contribution in [0.4, 0.5) is 0 Å². The van der Waals surface area contributed by atoms with Crippen molar-refractivity contribution in [2.45, 2.75) is 19.9 Å². The third-order valence-corrected chi connectivity index (χ3v) is 3.68. The molecule has 84 valence electrons. The Morgan fingerprint density at radius 1 is 1.44 bits per heavy atom. The molecule has 0 radical (unpaired) electrons. The molecule has 0 aliphatic rings. The van der Waals surface area contributed by atoms with Crippen LogP contribution in [0.25, 0.3) is 11.3 Å². The largest absolute Gasteiger partial charge is 0.323 e. The van der Waals surface area contributed by atoms with Crippen LogP contribution in [0.1, 0.15) is 22.9 Å². The zero-order chi connectivity index (χ0) is 11.7. The van der Waals surface area contributed by atoms with Crippen molar-refractivity contribution in [2.75, 3.05) is 0 Å². The monoisotopic (exact) mass is 252 g/mol. The first-order chi connectivity index (χ1) is 7.58. The molecule has 1 aromatic heterocycles. The molecule has 2 rings (SSSR count). The van der Waals surface area contributed by atoms with Crippen molar-refractivity contribution in [1.82, 2.24) is 4.98 Å². The molecule has 0 spiro atoms.